The highest BCUT2D eigenvalue weighted by Crippen LogP contribution is 2.31. The average Bonchev–Trinajstić information content (AvgIpc) is 2.78. The normalized spacial score (nSPS) is 10.0. The van der Waals surface area contributed by atoms with Crippen molar-refractivity contribution in [3.8, 4) is 0 Å². The number of aromatic nitrogens is 1. The molecule has 0 spiro atoms. The van der Waals surface area contributed by atoms with Gasteiger partial charge in [0.05, 0.1) is 15.6 Å². The van der Waals surface area contributed by atoms with E-state index in [1.807, 2.05) is 36.7 Å². The summed E-state index contributed by atoms with van der Waals surface area (Å²) in [7, 11) is 0. The molecule has 2 N–H and O–H groups in total. The number of benzene rings is 1. The Morgan fingerprint density at radius 1 is 1.28 bits per heavy atom. The first-order chi connectivity index (χ1) is 8.59. The van der Waals surface area contributed by atoms with Crippen molar-refractivity contribution in [3.63, 3.8) is 0 Å². The van der Waals surface area contributed by atoms with E-state index in [1.54, 1.807) is 6.07 Å². The largest absolute Gasteiger partial charge is 0.370 e. The Kier molecular flexibility index (Phi) is 5.51. The zero-order chi connectivity index (χ0) is 13.7. The van der Waals surface area contributed by atoms with Crippen LogP contribution in [0.2, 0.25) is 10.0 Å². The quantitative estimate of drug-likeness (QED) is 0.915. The summed E-state index contributed by atoms with van der Waals surface area (Å²) >= 11 is 12.1. The van der Waals surface area contributed by atoms with Crippen LogP contribution >= 0.6 is 23.2 Å². The molecule has 0 unspecified atom stereocenters. The van der Waals surface area contributed by atoms with E-state index in [0.717, 1.165) is 10.9 Å². The molecule has 0 radical (unpaired) electrons. The van der Waals surface area contributed by atoms with Crippen LogP contribution in [0.1, 0.15) is 20.3 Å². The van der Waals surface area contributed by atoms with Crippen LogP contribution in [0.25, 0.3) is 10.9 Å². The number of rotatable bonds is 3. The smallest absolute Gasteiger partial charge is 0.219 e. The van der Waals surface area contributed by atoms with Gasteiger partial charge in [-0.3, -0.25) is 4.79 Å². The van der Waals surface area contributed by atoms with Crippen molar-refractivity contribution < 1.29 is 4.79 Å². The molecule has 0 saturated heterocycles. The standard InChI is InChI=1S/C11H10Cl2N2O.C2H6/c12-8-2-1-7-3-5-15(6-4-9(14)16)11(7)10(8)13;1-2/h1-3,5H,4,6H2,(H2,14,16);1-2H3. The predicted octanol–water partition coefficient (Wildman–Crippen LogP) is 3.85. The Hall–Kier alpha value is -1.19. The molecule has 0 fully saturated rings. The number of aryl methyl sites for hydroxylation is 1. The first kappa shape index (κ1) is 14.9. The van der Waals surface area contributed by atoms with Gasteiger partial charge in [0, 0.05) is 24.5 Å². The van der Waals surface area contributed by atoms with E-state index in [2.05, 4.69) is 0 Å². The van der Waals surface area contributed by atoms with E-state index in [0.29, 0.717) is 16.6 Å². The highest BCUT2D eigenvalue weighted by molar-refractivity contribution is 6.45. The minimum atomic E-state index is -0.333. The summed E-state index contributed by atoms with van der Waals surface area (Å²) in [6.45, 7) is 4.51. The van der Waals surface area contributed by atoms with Gasteiger partial charge in [0.15, 0.2) is 0 Å². The molecule has 0 aliphatic rings. The monoisotopic (exact) mass is 286 g/mol. The van der Waals surface area contributed by atoms with Crippen LogP contribution in [0.4, 0.5) is 0 Å². The van der Waals surface area contributed by atoms with Crippen LogP contribution in [0.5, 0.6) is 0 Å². The minimum Gasteiger partial charge on any atom is -0.370 e. The van der Waals surface area contributed by atoms with Gasteiger partial charge in [0.25, 0.3) is 0 Å². The lowest BCUT2D eigenvalue weighted by Gasteiger charge is -2.06. The molecule has 98 valence electrons. The van der Waals surface area contributed by atoms with Crippen molar-refractivity contribution in [3.05, 3.63) is 34.4 Å². The van der Waals surface area contributed by atoms with Gasteiger partial charge in [0.1, 0.15) is 0 Å². The van der Waals surface area contributed by atoms with Crippen molar-refractivity contribution in [1.29, 1.82) is 0 Å². The number of carbonyl (C=O) groups excluding carboxylic acids is 1. The number of halogens is 2. The number of fused-ring (bicyclic) bond motifs is 1. The highest BCUT2D eigenvalue weighted by Gasteiger charge is 2.09. The van der Waals surface area contributed by atoms with Crippen LogP contribution < -0.4 is 5.73 Å². The Morgan fingerprint density at radius 3 is 2.56 bits per heavy atom. The van der Waals surface area contributed by atoms with Crippen molar-refractivity contribution in [2.75, 3.05) is 0 Å². The van der Waals surface area contributed by atoms with E-state index in [1.165, 1.54) is 0 Å². The summed E-state index contributed by atoms with van der Waals surface area (Å²) in [5, 5.41) is 2.01. The molecule has 2 aromatic rings. The number of nitrogens with two attached hydrogens (primary N) is 1. The minimum absolute atomic E-state index is 0.284. The Bertz CT molecular complexity index is 549. The van der Waals surface area contributed by atoms with Crippen molar-refractivity contribution in [1.82, 2.24) is 4.57 Å². The van der Waals surface area contributed by atoms with Crippen molar-refractivity contribution in [2.45, 2.75) is 26.8 Å². The second-order valence-electron chi connectivity index (χ2n) is 3.52. The molecular formula is C13H16Cl2N2O. The maximum Gasteiger partial charge on any atom is 0.219 e. The van der Waals surface area contributed by atoms with Crippen LogP contribution in [-0.4, -0.2) is 10.5 Å². The molecule has 5 heteroatoms. The fourth-order valence-electron chi connectivity index (χ4n) is 1.64. The zero-order valence-corrected chi connectivity index (χ0v) is 11.9. The lowest BCUT2D eigenvalue weighted by Crippen LogP contribution is -2.13. The predicted molar refractivity (Wildman–Crippen MR) is 77.1 cm³/mol. The molecule has 1 amide bonds. The maximum absolute atomic E-state index is 10.7. The highest BCUT2D eigenvalue weighted by atomic mass is 35.5. The molecule has 0 bridgehead atoms. The van der Waals surface area contributed by atoms with Crippen LogP contribution in [0, 0.1) is 0 Å². The summed E-state index contributed by atoms with van der Waals surface area (Å²) in [6, 6.07) is 5.58. The molecule has 0 aliphatic carbocycles. The van der Waals surface area contributed by atoms with Crippen LogP contribution in [-0.2, 0) is 11.3 Å². The fourth-order valence-corrected chi connectivity index (χ4v) is 2.08. The lowest BCUT2D eigenvalue weighted by molar-refractivity contribution is -0.118. The number of nitrogens with zero attached hydrogens (tertiary/aromatic N) is 1. The van der Waals surface area contributed by atoms with Crippen LogP contribution in [0.15, 0.2) is 24.4 Å². The fraction of sp³-hybridized carbons (Fsp3) is 0.308. The molecule has 1 aromatic carbocycles. The lowest BCUT2D eigenvalue weighted by atomic mass is 10.2. The SMILES string of the molecule is CC.NC(=O)CCn1ccc2ccc(Cl)c(Cl)c21. The number of primary amides is 1. The molecule has 18 heavy (non-hydrogen) atoms. The summed E-state index contributed by atoms with van der Waals surface area (Å²) < 4.78 is 1.88. The molecule has 2 rings (SSSR count). The number of hydrogen-bond donors (Lipinski definition) is 1. The van der Waals surface area contributed by atoms with E-state index in [-0.39, 0.29) is 12.3 Å². The van der Waals surface area contributed by atoms with Gasteiger partial charge >= 0.3 is 0 Å². The van der Waals surface area contributed by atoms with Crippen molar-refractivity contribution >= 4 is 40.0 Å². The molecule has 0 atom stereocenters. The van der Waals surface area contributed by atoms with Gasteiger partial charge in [-0.15, -0.1) is 0 Å². The summed E-state index contributed by atoms with van der Waals surface area (Å²) in [4.78, 5) is 10.7. The summed E-state index contributed by atoms with van der Waals surface area (Å²) in [5.41, 5.74) is 5.95. The van der Waals surface area contributed by atoms with Gasteiger partial charge in [0.2, 0.25) is 5.91 Å². The maximum atomic E-state index is 10.7. The third-order valence-corrected chi connectivity index (χ3v) is 3.21. The Labute approximate surface area is 116 Å². The van der Waals surface area contributed by atoms with Crippen molar-refractivity contribution in [2.24, 2.45) is 5.73 Å². The van der Waals surface area contributed by atoms with Gasteiger partial charge < -0.3 is 10.3 Å². The zero-order valence-electron chi connectivity index (χ0n) is 10.4. The summed E-state index contributed by atoms with van der Waals surface area (Å²) in [5.74, 6) is -0.333. The molecule has 0 aliphatic heterocycles. The summed E-state index contributed by atoms with van der Waals surface area (Å²) in [6.07, 6.45) is 2.16. The second kappa shape index (κ2) is 6.66. The van der Waals surface area contributed by atoms with E-state index >= 15 is 0 Å². The topological polar surface area (TPSA) is 48.0 Å². The second-order valence-corrected chi connectivity index (χ2v) is 4.31. The molecular weight excluding hydrogens is 271 g/mol. The van der Waals surface area contributed by atoms with Gasteiger partial charge in [-0.25, -0.2) is 0 Å². The van der Waals surface area contributed by atoms with E-state index < -0.39 is 0 Å². The molecule has 1 heterocycles. The van der Waals surface area contributed by atoms with E-state index in [4.69, 9.17) is 28.9 Å². The average molecular weight is 287 g/mol. The van der Waals surface area contributed by atoms with E-state index in [9.17, 15) is 4.79 Å². The number of amides is 1. The first-order valence-electron chi connectivity index (χ1n) is 5.81. The van der Waals surface area contributed by atoms with Gasteiger partial charge in [-0.05, 0) is 12.1 Å². The number of carbonyl (C=O) groups is 1. The number of hydrogen-bond acceptors (Lipinski definition) is 1. The molecule has 1 aromatic heterocycles. The third-order valence-electron chi connectivity index (χ3n) is 2.42. The molecule has 3 nitrogen and oxygen atoms in total. The Morgan fingerprint density at radius 2 is 1.94 bits per heavy atom. The van der Waals surface area contributed by atoms with Crippen LogP contribution in [0.3, 0.4) is 0 Å². The van der Waals surface area contributed by atoms with Gasteiger partial charge in [-0.2, -0.15) is 0 Å². The third kappa shape index (κ3) is 3.18. The molecule has 0 saturated carbocycles. The first-order valence-corrected chi connectivity index (χ1v) is 6.56. The van der Waals surface area contributed by atoms with Gasteiger partial charge in [-0.1, -0.05) is 43.1 Å². The Balaban J connectivity index is 0.000000771.